The summed E-state index contributed by atoms with van der Waals surface area (Å²) in [5.41, 5.74) is 1.76. The fraction of sp³-hybridized carbons (Fsp3) is 0.250. The number of anilines is 2. The maximum Gasteiger partial charge on any atom is 0.221 e. The summed E-state index contributed by atoms with van der Waals surface area (Å²) in [5.74, 6) is -0.0658. The van der Waals surface area contributed by atoms with Crippen molar-refractivity contribution < 1.29 is 4.79 Å². The van der Waals surface area contributed by atoms with Crippen molar-refractivity contribution in [1.82, 2.24) is 0 Å². The SMILES string of the molecule is C=CC(C)Nc1cccc(NC(C)=O)c1. The van der Waals surface area contributed by atoms with E-state index in [-0.39, 0.29) is 11.9 Å². The van der Waals surface area contributed by atoms with Gasteiger partial charge >= 0.3 is 0 Å². The molecule has 3 nitrogen and oxygen atoms in total. The minimum Gasteiger partial charge on any atom is -0.379 e. The van der Waals surface area contributed by atoms with Crippen LogP contribution in [0.4, 0.5) is 11.4 Å². The zero-order chi connectivity index (χ0) is 11.3. The van der Waals surface area contributed by atoms with Crippen molar-refractivity contribution in [2.75, 3.05) is 10.6 Å². The van der Waals surface area contributed by atoms with Crippen molar-refractivity contribution >= 4 is 17.3 Å². The summed E-state index contributed by atoms with van der Waals surface area (Å²) < 4.78 is 0. The molecule has 1 atom stereocenters. The van der Waals surface area contributed by atoms with Crippen LogP contribution in [0, 0.1) is 0 Å². The van der Waals surface area contributed by atoms with Crippen molar-refractivity contribution in [1.29, 1.82) is 0 Å². The molecule has 0 aliphatic rings. The van der Waals surface area contributed by atoms with Gasteiger partial charge in [-0.25, -0.2) is 0 Å². The average Bonchev–Trinajstić information content (AvgIpc) is 2.17. The molecule has 0 spiro atoms. The molecule has 1 unspecified atom stereocenters. The summed E-state index contributed by atoms with van der Waals surface area (Å²) in [7, 11) is 0. The van der Waals surface area contributed by atoms with Crippen LogP contribution in [0.15, 0.2) is 36.9 Å². The second kappa shape index (κ2) is 5.20. The van der Waals surface area contributed by atoms with Crippen LogP contribution in [0.2, 0.25) is 0 Å². The Morgan fingerprint density at radius 3 is 2.73 bits per heavy atom. The summed E-state index contributed by atoms with van der Waals surface area (Å²) in [5, 5.41) is 5.97. The van der Waals surface area contributed by atoms with E-state index < -0.39 is 0 Å². The molecule has 15 heavy (non-hydrogen) atoms. The van der Waals surface area contributed by atoms with Crippen LogP contribution in [0.5, 0.6) is 0 Å². The van der Waals surface area contributed by atoms with Crippen LogP contribution >= 0.6 is 0 Å². The van der Waals surface area contributed by atoms with Crippen LogP contribution < -0.4 is 10.6 Å². The highest BCUT2D eigenvalue weighted by Crippen LogP contribution is 2.15. The molecule has 1 amide bonds. The van der Waals surface area contributed by atoms with Gasteiger partial charge in [0.1, 0.15) is 0 Å². The Morgan fingerprint density at radius 1 is 1.47 bits per heavy atom. The number of carbonyl (C=O) groups is 1. The number of benzene rings is 1. The minimum absolute atomic E-state index is 0.0658. The molecule has 0 aliphatic heterocycles. The molecule has 80 valence electrons. The van der Waals surface area contributed by atoms with Crippen LogP contribution in [0.25, 0.3) is 0 Å². The lowest BCUT2D eigenvalue weighted by atomic mass is 10.2. The lowest BCUT2D eigenvalue weighted by molar-refractivity contribution is -0.114. The van der Waals surface area contributed by atoms with Gasteiger partial charge in [0.2, 0.25) is 5.91 Å². The van der Waals surface area contributed by atoms with Crippen LogP contribution in [-0.4, -0.2) is 11.9 Å². The van der Waals surface area contributed by atoms with E-state index in [1.165, 1.54) is 6.92 Å². The van der Waals surface area contributed by atoms with Gasteiger partial charge < -0.3 is 10.6 Å². The molecule has 0 fully saturated rings. The third kappa shape index (κ3) is 3.85. The first-order valence-corrected chi connectivity index (χ1v) is 4.88. The molecular formula is C12H16N2O. The molecular weight excluding hydrogens is 188 g/mol. The Hall–Kier alpha value is -1.77. The molecule has 0 saturated heterocycles. The fourth-order valence-corrected chi connectivity index (χ4v) is 1.21. The molecule has 1 aromatic rings. The Kier molecular flexibility index (Phi) is 3.92. The van der Waals surface area contributed by atoms with Gasteiger partial charge in [-0.2, -0.15) is 0 Å². The van der Waals surface area contributed by atoms with E-state index >= 15 is 0 Å². The molecule has 3 heteroatoms. The van der Waals surface area contributed by atoms with Crippen molar-refractivity contribution in [2.45, 2.75) is 19.9 Å². The first kappa shape index (κ1) is 11.3. The molecule has 0 saturated carbocycles. The third-order valence-electron chi connectivity index (χ3n) is 1.93. The van der Waals surface area contributed by atoms with Crippen molar-refractivity contribution in [3.63, 3.8) is 0 Å². The second-order valence-electron chi connectivity index (χ2n) is 3.43. The van der Waals surface area contributed by atoms with Crippen molar-refractivity contribution in [2.24, 2.45) is 0 Å². The Balaban J connectivity index is 2.73. The van der Waals surface area contributed by atoms with E-state index in [4.69, 9.17) is 0 Å². The topological polar surface area (TPSA) is 41.1 Å². The van der Waals surface area contributed by atoms with Gasteiger partial charge in [0.05, 0.1) is 0 Å². The molecule has 0 heterocycles. The number of hydrogen-bond donors (Lipinski definition) is 2. The highest BCUT2D eigenvalue weighted by atomic mass is 16.1. The molecule has 2 N–H and O–H groups in total. The quantitative estimate of drug-likeness (QED) is 0.740. The van der Waals surface area contributed by atoms with E-state index in [0.717, 1.165) is 11.4 Å². The van der Waals surface area contributed by atoms with E-state index in [1.54, 1.807) is 0 Å². The normalized spacial score (nSPS) is 11.6. The third-order valence-corrected chi connectivity index (χ3v) is 1.93. The van der Waals surface area contributed by atoms with Gasteiger partial charge in [-0.05, 0) is 25.1 Å². The number of nitrogens with one attached hydrogen (secondary N) is 2. The Morgan fingerprint density at radius 2 is 2.13 bits per heavy atom. The highest BCUT2D eigenvalue weighted by molar-refractivity contribution is 5.89. The lowest BCUT2D eigenvalue weighted by Crippen LogP contribution is -2.12. The number of hydrogen-bond acceptors (Lipinski definition) is 2. The number of rotatable bonds is 4. The monoisotopic (exact) mass is 204 g/mol. The van der Waals surface area contributed by atoms with Gasteiger partial charge in [-0.15, -0.1) is 6.58 Å². The maximum atomic E-state index is 10.9. The summed E-state index contributed by atoms with van der Waals surface area (Å²) in [6.45, 7) is 7.20. The van der Waals surface area contributed by atoms with E-state index in [2.05, 4.69) is 17.2 Å². The molecule has 0 radical (unpaired) electrons. The standard InChI is InChI=1S/C12H16N2O/c1-4-9(2)13-11-6-5-7-12(8-11)14-10(3)15/h4-9,13H,1H2,2-3H3,(H,14,15). The van der Waals surface area contributed by atoms with Crippen molar-refractivity contribution in [3.05, 3.63) is 36.9 Å². The predicted octanol–water partition coefficient (Wildman–Crippen LogP) is 2.63. The van der Waals surface area contributed by atoms with Crippen molar-refractivity contribution in [3.8, 4) is 0 Å². The lowest BCUT2D eigenvalue weighted by Gasteiger charge is -2.12. The Bertz CT molecular complexity index is 360. The predicted molar refractivity (Wildman–Crippen MR) is 64.0 cm³/mol. The van der Waals surface area contributed by atoms with E-state index in [9.17, 15) is 4.79 Å². The smallest absolute Gasteiger partial charge is 0.221 e. The maximum absolute atomic E-state index is 10.9. The van der Waals surface area contributed by atoms with Gasteiger partial charge in [0.15, 0.2) is 0 Å². The largest absolute Gasteiger partial charge is 0.379 e. The van der Waals surface area contributed by atoms with Gasteiger partial charge in [0, 0.05) is 24.3 Å². The van der Waals surface area contributed by atoms with Crippen LogP contribution in [0.3, 0.4) is 0 Å². The summed E-state index contributed by atoms with van der Waals surface area (Å²) >= 11 is 0. The molecule has 1 rings (SSSR count). The molecule has 0 aromatic heterocycles. The number of amides is 1. The first-order valence-electron chi connectivity index (χ1n) is 4.88. The second-order valence-corrected chi connectivity index (χ2v) is 3.43. The first-order chi connectivity index (χ1) is 7.11. The van der Waals surface area contributed by atoms with Gasteiger partial charge in [0.25, 0.3) is 0 Å². The summed E-state index contributed by atoms with van der Waals surface area (Å²) in [4.78, 5) is 10.9. The number of carbonyl (C=O) groups excluding carboxylic acids is 1. The van der Waals surface area contributed by atoms with Gasteiger partial charge in [-0.1, -0.05) is 12.1 Å². The average molecular weight is 204 g/mol. The van der Waals surface area contributed by atoms with E-state index in [0.29, 0.717) is 0 Å². The van der Waals surface area contributed by atoms with Crippen LogP contribution in [0.1, 0.15) is 13.8 Å². The zero-order valence-corrected chi connectivity index (χ0v) is 9.08. The highest BCUT2D eigenvalue weighted by Gasteiger charge is 1.99. The van der Waals surface area contributed by atoms with E-state index in [1.807, 2.05) is 37.3 Å². The zero-order valence-electron chi connectivity index (χ0n) is 9.08. The fourth-order valence-electron chi connectivity index (χ4n) is 1.21. The minimum atomic E-state index is -0.0658. The Labute approximate surface area is 90.2 Å². The van der Waals surface area contributed by atoms with Gasteiger partial charge in [-0.3, -0.25) is 4.79 Å². The molecule has 1 aromatic carbocycles. The van der Waals surface area contributed by atoms with Crippen LogP contribution in [-0.2, 0) is 4.79 Å². The molecule has 0 bridgehead atoms. The molecule has 0 aliphatic carbocycles. The summed E-state index contributed by atoms with van der Waals surface area (Å²) in [6, 6.07) is 7.79. The summed E-state index contributed by atoms with van der Waals surface area (Å²) in [6.07, 6.45) is 1.82.